The second-order valence-corrected chi connectivity index (χ2v) is 4.63. The molecule has 0 radical (unpaired) electrons. The largest absolute Gasteiger partial charge is 0.328 e. The third kappa shape index (κ3) is 1.92. The van der Waals surface area contributed by atoms with E-state index in [1.165, 1.54) is 5.56 Å². The minimum absolute atomic E-state index is 0.165. The predicted octanol–water partition coefficient (Wildman–Crippen LogP) is 2.29. The predicted molar refractivity (Wildman–Crippen MR) is 65.0 cm³/mol. The summed E-state index contributed by atoms with van der Waals surface area (Å²) in [6, 6.07) is 4.30. The normalized spacial score (nSPS) is 13.3. The third-order valence-corrected chi connectivity index (χ3v) is 2.98. The highest BCUT2D eigenvalue weighted by Gasteiger charge is 2.10. The maximum absolute atomic E-state index is 5.83. The topological polar surface area (TPSA) is 43.3 Å². The van der Waals surface area contributed by atoms with Gasteiger partial charge in [-0.2, -0.15) is 0 Å². The van der Waals surface area contributed by atoms with Gasteiger partial charge in [0.2, 0.25) is 0 Å². The summed E-state index contributed by atoms with van der Waals surface area (Å²) in [7, 11) is 0. The Labute approximate surface area is 97.4 Å². The van der Waals surface area contributed by atoms with Crippen LogP contribution < -0.4 is 5.73 Å². The Morgan fingerprint density at radius 2 is 2.33 bits per heavy atom. The molecule has 0 spiro atoms. The number of fused-ring (bicyclic) bond motifs is 1. The van der Waals surface area contributed by atoms with Crippen molar-refractivity contribution < 1.29 is 0 Å². The average Bonchev–Trinajstić information content (AvgIpc) is 2.43. The van der Waals surface area contributed by atoms with E-state index in [-0.39, 0.29) is 6.04 Å². The molecule has 0 fully saturated rings. The number of rotatable bonds is 2. The lowest BCUT2D eigenvalue weighted by molar-refractivity contribution is 0.739. The molecule has 4 heteroatoms. The smallest absolute Gasteiger partial charge is 0.132 e. The fourth-order valence-corrected chi connectivity index (χ4v) is 2.52. The Kier molecular flexibility index (Phi) is 2.80. The second-order valence-electron chi connectivity index (χ2n) is 3.88. The van der Waals surface area contributed by atoms with E-state index in [1.54, 1.807) is 0 Å². The Balaban J connectivity index is 2.64. The molecule has 0 saturated carbocycles. The van der Waals surface area contributed by atoms with E-state index in [9.17, 15) is 0 Å². The molecule has 2 aromatic heterocycles. The van der Waals surface area contributed by atoms with E-state index >= 15 is 0 Å². The molecular weight excluding hydrogens is 254 g/mol. The van der Waals surface area contributed by atoms with Gasteiger partial charge in [-0.05, 0) is 47.8 Å². The first-order valence-electron chi connectivity index (χ1n) is 4.97. The van der Waals surface area contributed by atoms with Crippen LogP contribution in [0, 0.1) is 6.92 Å². The number of nitrogens with zero attached hydrogens (tertiary/aromatic N) is 2. The van der Waals surface area contributed by atoms with Crippen molar-refractivity contribution in [3.63, 3.8) is 0 Å². The summed E-state index contributed by atoms with van der Waals surface area (Å²) in [5.74, 6) is 0.989. The standard InChI is InChI=1S/C11H14BrN3/c1-7(13)6-9-4-3-5-15-8(2)14-11(12)10(9)15/h3-5,7H,6,13H2,1-2H3. The molecular formula is C11H14BrN3. The van der Waals surface area contributed by atoms with Crippen LogP contribution in [0.2, 0.25) is 0 Å². The van der Waals surface area contributed by atoms with E-state index in [0.29, 0.717) is 0 Å². The van der Waals surface area contributed by atoms with Crippen molar-refractivity contribution in [3.05, 3.63) is 34.3 Å². The molecule has 0 aliphatic rings. The number of halogens is 1. The van der Waals surface area contributed by atoms with Gasteiger partial charge in [0.25, 0.3) is 0 Å². The fraction of sp³-hybridized carbons (Fsp3) is 0.364. The minimum atomic E-state index is 0.165. The molecule has 2 rings (SSSR count). The van der Waals surface area contributed by atoms with Crippen molar-refractivity contribution in [1.29, 1.82) is 0 Å². The molecule has 1 unspecified atom stereocenters. The first-order valence-corrected chi connectivity index (χ1v) is 5.76. The van der Waals surface area contributed by atoms with Crippen LogP contribution >= 0.6 is 15.9 Å². The second kappa shape index (κ2) is 3.94. The quantitative estimate of drug-likeness (QED) is 0.908. The zero-order valence-electron chi connectivity index (χ0n) is 8.87. The Bertz CT molecular complexity index is 488. The molecule has 2 aromatic rings. The molecule has 0 saturated heterocycles. The van der Waals surface area contributed by atoms with Crippen LogP contribution in [-0.2, 0) is 6.42 Å². The van der Waals surface area contributed by atoms with Crippen LogP contribution in [-0.4, -0.2) is 15.4 Å². The van der Waals surface area contributed by atoms with E-state index in [0.717, 1.165) is 22.4 Å². The summed E-state index contributed by atoms with van der Waals surface area (Å²) in [5.41, 5.74) is 8.20. The van der Waals surface area contributed by atoms with Gasteiger partial charge in [0, 0.05) is 12.2 Å². The zero-order chi connectivity index (χ0) is 11.0. The molecule has 80 valence electrons. The van der Waals surface area contributed by atoms with E-state index in [1.807, 2.05) is 26.1 Å². The van der Waals surface area contributed by atoms with Gasteiger partial charge in [0.1, 0.15) is 10.4 Å². The summed E-state index contributed by atoms with van der Waals surface area (Å²) in [5, 5.41) is 0. The van der Waals surface area contributed by atoms with Crippen LogP contribution in [0.3, 0.4) is 0 Å². The van der Waals surface area contributed by atoms with Crippen molar-refractivity contribution in [2.24, 2.45) is 5.73 Å². The number of hydrogen-bond acceptors (Lipinski definition) is 2. The van der Waals surface area contributed by atoms with Crippen LogP contribution in [0.15, 0.2) is 22.9 Å². The lowest BCUT2D eigenvalue weighted by atomic mass is 10.1. The minimum Gasteiger partial charge on any atom is -0.328 e. The third-order valence-electron chi connectivity index (χ3n) is 2.42. The molecule has 0 amide bonds. The maximum Gasteiger partial charge on any atom is 0.132 e. The van der Waals surface area contributed by atoms with Gasteiger partial charge in [-0.3, -0.25) is 0 Å². The molecule has 1 atom stereocenters. The Morgan fingerprint density at radius 1 is 1.60 bits per heavy atom. The van der Waals surface area contributed by atoms with Gasteiger partial charge in [0.05, 0.1) is 5.52 Å². The van der Waals surface area contributed by atoms with Gasteiger partial charge in [-0.15, -0.1) is 0 Å². The molecule has 15 heavy (non-hydrogen) atoms. The van der Waals surface area contributed by atoms with Crippen molar-refractivity contribution >= 4 is 21.4 Å². The number of pyridine rings is 1. The highest BCUT2D eigenvalue weighted by atomic mass is 79.9. The molecule has 2 heterocycles. The van der Waals surface area contributed by atoms with Crippen LogP contribution in [0.1, 0.15) is 18.3 Å². The van der Waals surface area contributed by atoms with E-state index in [2.05, 4.69) is 31.4 Å². The summed E-state index contributed by atoms with van der Waals surface area (Å²) in [6.07, 6.45) is 2.89. The van der Waals surface area contributed by atoms with Gasteiger partial charge < -0.3 is 10.1 Å². The molecule has 0 aromatic carbocycles. The zero-order valence-corrected chi connectivity index (χ0v) is 10.5. The van der Waals surface area contributed by atoms with Gasteiger partial charge in [-0.25, -0.2) is 4.98 Å². The van der Waals surface area contributed by atoms with Crippen molar-refractivity contribution in [1.82, 2.24) is 9.38 Å². The van der Waals surface area contributed by atoms with Gasteiger partial charge in [0.15, 0.2) is 0 Å². The van der Waals surface area contributed by atoms with Crippen LogP contribution in [0.25, 0.3) is 5.52 Å². The van der Waals surface area contributed by atoms with Crippen molar-refractivity contribution in [3.8, 4) is 0 Å². The molecule has 0 aliphatic heterocycles. The molecule has 0 bridgehead atoms. The van der Waals surface area contributed by atoms with Crippen molar-refractivity contribution in [2.75, 3.05) is 0 Å². The number of hydrogen-bond donors (Lipinski definition) is 1. The SMILES string of the molecule is Cc1nc(Br)c2c(CC(C)N)cccn12. The lowest BCUT2D eigenvalue weighted by Crippen LogP contribution is -2.18. The van der Waals surface area contributed by atoms with Crippen LogP contribution in [0.5, 0.6) is 0 Å². The van der Waals surface area contributed by atoms with Crippen molar-refractivity contribution in [2.45, 2.75) is 26.3 Å². The number of aromatic nitrogens is 2. The number of imidazole rings is 1. The summed E-state index contributed by atoms with van der Waals surface area (Å²) >= 11 is 3.49. The van der Waals surface area contributed by atoms with E-state index < -0.39 is 0 Å². The lowest BCUT2D eigenvalue weighted by Gasteiger charge is -2.07. The molecule has 3 nitrogen and oxygen atoms in total. The Morgan fingerprint density at radius 3 is 3.00 bits per heavy atom. The summed E-state index contributed by atoms with van der Waals surface area (Å²) in [6.45, 7) is 4.01. The highest BCUT2D eigenvalue weighted by Crippen LogP contribution is 2.23. The first-order chi connectivity index (χ1) is 7.09. The average molecular weight is 268 g/mol. The fourth-order valence-electron chi connectivity index (χ4n) is 1.82. The van der Waals surface area contributed by atoms with Gasteiger partial charge >= 0.3 is 0 Å². The first kappa shape index (κ1) is 10.6. The van der Waals surface area contributed by atoms with Gasteiger partial charge in [-0.1, -0.05) is 6.07 Å². The van der Waals surface area contributed by atoms with E-state index in [4.69, 9.17) is 5.73 Å². The maximum atomic E-state index is 5.83. The molecule has 0 aliphatic carbocycles. The number of aryl methyl sites for hydroxylation is 1. The van der Waals surface area contributed by atoms with Crippen LogP contribution in [0.4, 0.5) is 0 Å². The summed E-state index contributed by atoms with van der Waals surface area (Å²) < 4.78 is 2.98. The monoisotopic (exact) mass is 267 g/mol. The summed E-state index contributed by atoms with van der Waals surface area (Å²) in [4.78, 5) is 4.40. The Hall–Kier alpha value is -0.870. The highest BCUT2D eigenvalue weighted by molar-refractivity contribution is 9.10. The molecule has 2 N–H and O–H groups in total. The number of nitrogens with two attached hydrogens (primary N) is 1.